The zero-order valence-corrected chi connectivity index (χ0v) is 12.1. The number of ether oxygens (including phenoxy) is 2. The average Bonchev–Trinajstić information content (AvgIpc) is 2.73. The molecule has 0 aromatic heterocycles. The van der Waals surface area contributed by atoms with Crippen LogP contribution in [0.1, 0.15) is 19.3 Å². The maximum atomic E-state index is 12.0. The van der Waals surface area contributed by atoms with Crippen molar-refractivity contribution in [3.05, 3.63) is 0 Å². The number of hydrogen-bond donors (Lipinski definition) is 0. The van der Waals surface area contributed by atoms with Crippen LogP contribution in [-0.4, -0.2) is 69.6 Å². The van der Waals surface area contributed by atoms with Gasteiger partial charge in [-0.25, -0.2) is 0 Å². The van der Waals surface area contributed by atoms with Gasteiger partial charge in [-0.15, -0.1) is 0 Å². The molecule has 0 N–H and O–H groups in total. The molecule has 2 saturated heterocycles. The van der Waals surface area contributed by atoms with E-state index >= 15 is 0 Å². The molecule has 106 valence electrons. The van der Waals surface area contributed by atoms with Crippen molar-refractivity contribution in [3.63, 3.8) is 0 Å². The minimum Gasteiger partial charge on any atom is -0.379 e. The fourth-order valence-electron chi connectivity index (χ4n) is 2.66. The normalized spacial score (nSPS) is 29.2. The van der Waals surface area contributed by atoms with Gasteiger partial charge in [-0.2, -0.15) is 17.0 Å². The Balaban J connectivity index is 1.97. The molecule has 0 bridgehead atoms. The van der Waals surface area contributed by atoms with E-state index in [0.717, 1.165) is 19.3 Å². The van der Waals surface area contributed by atoms with Crippen LogP contribution in [0.2, 0.25) is 0 Å². The van der Waals surface area contributed by atoms with Crippen LogP contribution in [0.25, 0.3) is 0 Å². The lowest BCUT2D eigenvalue weighted by Gasteiger charge is -2.38. The van der Waals surface area contributed by atoms with Crippen molar-refractivity contribution in [1.29, 1.82) is 0 Å². The SMILES string of the molecule is COC1COC2(CCN(S(=O)(=O)N(C)C)CC2)C1. The van der Waals surface area contributed by atoms with Crippen molar-refractivity contribution in [3.8, 4) is 0 Å². The highest BCUT2D eigenvalue weighted by Gasteiger charge is 2.44. The molecule has 0 amide bonds. The maximum absolute atomic E-state index is 12.0. The summed E-state index contributed by atoms with van der Waals surface area (Å²) < 4.78 is 37.9. The molecule has 6 nitrogen and oxygen atoms in total. The largest absolute Gasteiger partial charge is 0.379 e. The molecule has 0 aromatic rings. The topological polar surface area (TPSA) is 59.1 Å². The van der Waals surface area contributed by atoms with E-state index < -0.39 is 10.2 Å². The monoisotopic (exact) mass is 278 g/mol. The second-order valence-corrected chi connectivity index (χ2v) is 7.39. The molecule has 2 aliphatic rings. The van der Waals surface area contributed by atoms with E-state index in [2.05, 4.69) is 0 Å². The van der Waals surface area contributed by atoms with Gasteiger partial charge in [0.2, 0.25) is 0 Å². The summed E-state index contributed by atoms with van der Waals surface area (Å²) in [5, 5.41) is 0. The number of hydrogen-bond acceptors (Lipinski definition) is 4. The summed E-state index contributed by atoms with van der Waals surface area (Å²) in [6.07, 6.45) is 2.53. The van der Waals surface area contributed by atoms with Gasteiger partial charge in [-0.3, -0.25) is 0 Å². The summed E-state index contributed by atoms with van der Waals surface area (Å²) in [5.74, 6) is 0. The molecule has 18 heavy (non-hydrogen) atoms. The molecule has 7 heteroatoms. The summed E-state index contributed by atoms with van der Waals surface area (Å²) in [4.78, 5) is 0. The molecular formula is C11H22N2O4S. The minimum absolute atomic E-state index is 0.155. The molecule has 0 saturated carbocycles. The van der Waals surface area contributed by atoms with Crippen LogP contribution >= 0.6 is 0 Å². The van der Waals surface area contributed by atoms with Gasteiger partial charge in [0.15, 0.2) is 0 Å². The van der Waals surface area contributed by atoms with Crippen LogP contribution in [0.4, 0.5) is 0 Å². The van der Waals surface area contributed by atoms with Crippen molar-refractivity contribution in [2.75, 3.05) is 40.9 Å². The van der Waals surface area contributed by atoms with Crippen LogP contribution in [0.15, 0.2) is 0 Å². The first-order valence-electron chi connectivity index (χ1n) is 6.24. The van der Waals surface area contributed by atoms with Crippen LogP contribution in [0.3, 0.4) is 0 Å². The summed E-state index contributed by atoms with van der Waals surface area (Å²) >= 11 is 0. The molecule has 1 spiro atoms. The van der Waals surface area contributed by atoms with Crippen molar-refractivity contribution < 1.29 is 17.9 Å². The third-order valence-corrected chi connectivity index (χ3v) is 5.87. The van der Waals surface area contributed by atoms with Gasteiger partial charge in [0.25, 0.3) is 10.2 Å². The lowest BCUT2D eigenvalue weighted by Crippen LogP contribution is -2.49. The number of piperidine rings is 1. The summed E-state index contributed by atoms with van der Waals surface area (Å²) in [5.41, 5.74) is -0.168. The quantitative estimate of drug-likeness (QED) is 0.732. The maximum Gasteiger partial charge on any atom is 0.281 e. The zero-order chi connectivity index (χ0) is 13.4. The van der Waals surface area contributed by atoms with E-state index in [-0.39, 0.29) is 11.7 Å². The molecular weight excluding hydrogens is 256 g/mol. The highest BCUT2D eigenvalue weighted by Crippen LogP contribution is 2.37. The van der Waals surface area contributed by atoms with Gasteiger partial charge >= 0.3 is 0 Å². The Morgan fingerprint density at radius 1 is 1.33 bits per heavy atom. The molecule has 2 heterocycles. The lowest BCUT2D eigenvalue weighted by molar-refractivity contribution is -0.0333. The fourth-order valence-corrected chi connectivity index (χ4v) is 3.76. The number of nitrogens with zero attached hydrogens (tertiary/aromatic N) is 2. The highest BCUT2D eigenvalue weighted by molar-refractivity contribution is 7.86. The Morgan fingerprint density at radius 3 is 2.39 bits per heavy atom. The Bertz CT molecular complexity index is 388. The summed E-state index contributed by atoms with van der Waals surface area (Å²) in [7, 11) is 1.53. The second-order valence-electron chi connectivity index (χ2n) is 5.25. The van der Waals surface area contributed by atoms with Gasteiger partial charge in [0.05, 0.1) is 18.3 Å². The predicted octanol–water partition coefficient (Wildman–Crippen LogP) is 0.0627. The Kier molecular flexibility index (Phi) is 3.99. The second kappa shape index (κ2) is 5.05. The van der Waals surface area contributed by atoms with Gasteiger partial charge in [-0.1, -0.05) is 0 Å². The van der Waals surface area contributed by atoms with E-state index in [1.165, 1.54) is 8.61 Å². The molecule has 2 fully saturated rings. The van der Waals surface area contributed by atoms with Crippen molar-refractivity contribution in [1.82, 2.24) is 8.61 Å². The van der Waals surface area contributed by atoms with Crippen LogP contribution < -0.4 is 0 Å². The van der Waals surface area contributed by atoms with E-state index in [0.29, 0.717) is 19.7 Å². The number of rotatable bonds is 3. The summed E-state index contributed by atoms with van der Waals surface area (Å²) in [6, 6.07) is 0. The first-order chi connectivity index (χ1) is 8.39. The molecule has 1 atom stereocenters. The van der Waals surface area contributed by atoms with Crippen molar-refractivity contribution in [2.45, 2.75) is 31.0 Å². The van der Waals surface area contributed by atoms with E-state index in [4.69, 9.17) is 9.47 Å². The first-order valence-corrected chi connectivity index (χ1v) is 7.64. The summed E-state index contributed by atoms with van der Waals surface area (Å²) in [6.45, 7) is 1.67. The fraction of sp³-hybridized carbons (Fsp3) is 1.00. The third-order valence-electron chi connectivity index (χ3n) is 3.93. The molecule has 2 rings (SSSR count). The zero-order valence-electron chi connectivity index (χ0n) is 11.3. The van der Waals surface area contributed by atoms with Gasteiger partial charge < -0.3 is 9.47 Å². The van der Waals surface area contributed by atoms with Gasteiger partial charge in [-0.05, 0) is 12.8 Å². The molecule has 1 unspecified atom stereocenters. The number of methoxy groups -OCH3 is 1. The molecule has 0 aromatic carbocycles. The highest BCUT2D eigenvalue weighted by atomic mass is 32.2. The van der Waals surface area contributed by atoms with Crippen LogP contribution in [0.5, 0.6) is 0 Å². The van der Waals surface area contributed by atoms with Crippen LogP contribution in [0, 0.1) is 0 Å². The van der Waals surface area contributed by atoms with E-state index in [1.54, 1.807) is 21.2 Å². The standard InChI is InChI=1S/C11H22N2O4S/c1-12(2)18(14,15)13-6-4-11(5-7-13)8-10(16-3)9-17-11/h10H,4-9H2,1-3H3. The minimum atomic E-state index is -3.29. The van der Waals surface area contributed by atoms with E-state index in [9.17, 15) is 8.42 Å². The Labute approximate surface area is 109 Å². The van der Waals surface area contributed by atoms with Crippen molar-refractivity contribution >= 4 is 10.2 Å². The van der Waals surface area contributed by atoms with Gasteiger partial charge in [0, 0.05) is 40.7 Å². The van der Waals surface area contributed by atoms with Crippen molar-refractivity contribution in [2.24, 2.45) is 0 Å². The Morgan fingerprint density at radius 2 is 1.94 bits per heavy atom. The predicted molar refractivity (Wildman–Crippen MR) is 67.5 cm³/mol. The lowest BCUT2D eigenvalue weighted by atomic mass is 9.89. The van der Waals surface area contributed by atoms with E-state index in [1.807, 2.05) is 0 Å². The molecule has 0 radical (unpaired) electrons. The smallest absolute Gasteiger partial charge is 0.281 e. The van der Waals surface area contributed by atoms with Gasteiger partial charge in [0.1, 0.15) is 0 Å². The molecule has 0 aliphatic carbocycles. The first kappa shape index (κ1) is 14.2. The Hall–Kier alpha value is -0.210. The molecule has 2 aliphatic heterocycles. The third kappa shape index (κ3) is 2.55. The average molecular weight is 278 g/mol. The van der Waals surface area contributed by atoms with Crippen LogP contribution in [-0.2, 0) is 19.7 Å².